The molecule has 5 nitrogen and oxygen atoms in total. The molecule has 1 aromatic heterocycles. The zero-order chi connectivity index (χ0) is 13.9. The van der Waals surface area contributed by atoms with Crippen molar-refractivity contribution < 1.29 is 0 Å². The van der Waals surface area contributed by atoms with Gasteiger partial charge in [-0.2, -0.15) is 0 Å². The zero-order valence-corrected chi connectivity index (χ0v) is 12.2. The molecule has 19 heavy (non-hydrogen) atoms. The monoisotopic (exact) mass is 263 g/mol. The van der Waals surface area contributed by atoms with Gasteiger partial charge < -0.3 is 16.0 Å². The molecule has 1 aliphatic rings. The minimum absolute atomic E-state index is 0.000784. The highest BCUT2D eigenvalue weighted by Gasteiger charge is 2.23. The number of aromatic nitrogens is 2. The summed E-state index contributed by atoms with van der Waals surface area (Å²) in [5, 5.41) is 3.38. The number of hydrogen-bond acceptors (Lipinski definition) is 5. The lowest BCUT2D eigenvalue weighted by Crippen LogP contribution is -2.44. The summed E-state index contributed by atoms with van der Waals surface area (Å²) in [6, 6.07) is 2.44. The van der Waals surface area contributed by atoms with Gasteiger partial charge in [-0.3, -0.25) is 0 Å². The van der Waals surface area contributed by atoms with Crippen LogP contribution in [-0.2, 0) is 0 Å². The highest BCUT2D eigenvalue weighted by atomic mass is 15.2. The summed E-state index contributed by atoms with van der Waals surface area (Å²) in [5.74, 6) is 1.86. The van der Waals surface area contributed by atoms with Crippen LogP contribution in [0.25, 0.3) is 0 Å². The quantitative estimate of drug-likeness (QED) is 0.873. The van der Waals surface area contributed by atoms with Crippen LogP contribution in [0.4, 0.5) is 11.6 Å². The summed E-state index contributed by atoms with van der Waals surface area (Å²) < 4.78 is 0. The Labute approximate surface area is 115 Å². The number of anilines is 2. The zero-order valence-electron chi connectivity index (χ0n) is 12.2. The third-order valence-corrected chi connectivity index (χ3v) is 3.35. The first kappa shape index (κ1) is 14.1. The van der Waals surface area contributed by atoms with Crippen molar-refractivity contribution in [1.29, 1.82) is 0 Å². The molecule has 2 heterocycles. The minimum atomic E-state index is 0.000784. The van der Waals surface area contributed by atoms with Crippen molar-refractivity contribution in [3.05, 3.63) is 12.4 Å². The lowest BCUT2D eigenvalue weighted by molar-refractivity contribution is 0.462. The third-order valence-electron chi connectivity index (χ3n) is 3.35. The van der Waals surface area contributed by atoms with Gasteiger partial charge in [-0.05, 0) is 40.0 Å². The molecule has 0 amide bonds. The topological polar surface area (TPSA) is 67.1 Å². The average molecular weight is 263 g/mol. The second-order valence-electron chi connectivity index (χ2n) is 6.22. The van der Waals surface area contributed by atoms with Crippen LogP contribution in [0.2, 0.25) is 0 Å². The Morgan fingerprint density at radius 2 is 2.16 bits per heavy atom. The molecule has 1 fully saturated rings. The molecule has 0 spiro atoms. The Balaban J connectivity index is 2.17. The second kappa shape index (κ2) is 5.74. The van der Waals surface area contributed by atoms with Gasteiger partial charge in [0.15, 0.2) is 0 Å². The first-order valence-electron chi connectivity index (χ1n) is 7.06. The van der Waals surface area contributed by atoms with Crippen molar-refractivity contribution in [2.75, 3.05) is 23.3 Å². The van der Waals surface area contributed by atoms with Crippen molar-refractivity contribution in [1.82, 2.24) is 9.97 Å². The maximum atomic E-state index is 5.87. The summed E-state index contributed by atoms with van der Waals surface area (Å²) >= 11 is 0. The normalized spacial score (nSPS) is 20.4. The average Bonchev–Trinajstić information content (AvgIpc) is 2.37. The van der Waals surface area contributed by atoms with Crippen LogP contribution in [0.3, 0.4) is 0 Å². The lowest BCUT2D eigenvalue weighted by atomic mass is 10.0. The molecule has 1 atom stereocenters. The van der Waals surface area contributed by atoms with E-state index in [4.69, 9.17) is 5.73 Å². The van der Waals surface area contributed by atoms with E-state index in [0.717, 1.165) is 24.6 Å². The Kier molecular flexibility index (Phi) is 4.24. The van der Waals surface area contributed by atoms with E-state index < -0.39 is 0 Å². The molecule has 0 bridgehead atoms. The van der Waals surface area contributed by atoms with E-state index in [1.165, 1.54) is 12.8 Å². The van der Waals surface area contributed by atoms with Crippen LogP contribution >= 0.6 is 0 Å². The van der Waals surface area contributed by atoms with Crippen molar-refractivity contribution >= 4 is 11.6 Å². The van der Waals surface area contributed by atoms with Crippen molar-refractivity contribution in [3.8, 4) is 0 Å². The second-order valence-corrected chi connectivity index (χ2v) is 6.22. The van der Waals surface area contributed by atoms with Gasteiger partial charge >= 0.3 is 0 Å². The van der Waals surface area contributed by atoms with Crippen molar-refractivity contribution in [2.45, 2.75) is 51.6 Å². The molecule has 1 saturated heterocycles. The highest BCUT2D eigenvalue weighted by molar-refractivity contribution is 5.50. The number of nitrogens with zero attached hydrogens (tertiary/aromatic N) is 3. The molecule has 5 heteroatoms. The van der Waals surface area contributed by atoms with Crippen molar-refractivity contribution in [2.24, 2.45) is 5.73 Å². The van der Waals surface area contributed by atoms with Crippen LogP contribution in [0.15, 0.2) is 12.4 Å². The number of rotatable bonds is 3. The minimum Gasteiger partial charge on any atom is -0.365 e. The van der Waals surface area contributed by atoms with Gasteiger partial charge in [0, 0.05) is 30.7 Å². The smallest absolute Gasteiger partial charge is 0.134 e. The number of nitrogens with one attached hydrogen (secondary N) is 1. The maximum Gasteiger partial charge on any atom is 0.134 e. The molecule has 1 unspecified atom stereocenters. The van der Waals surface area contributed by atoms with E-state index in [-0.39, 0.29) is 5.54 Å². The standard InChI is InChI=1S/C14H25N5/c1-14(2,3)18-12-8-13(17-10-16-12)19-7-5-4-6-11(19)9-15/h8,10-11H,4-7,9,15H2,1-3H3,(H,16,17,18). The van der Waals surface area contributed by atoms with Crippen LogP contribution < -0.4 is 16.0 Å². The molecule has 0 aromatic carbocycles. The first-order chi connectivity index (χ1) is 8.99. The highest BCUT2D eigenvalue weighted by Crippen LogP contribution is 2.24. The van der Waals surface area contributed by atoms with E-state index >= 15 is 0 Å². The van der Waals surface area contributed by atoms with Gasteiger partial charge in [0.1, 0.15) is 18.0 Å². The van der Waals surface area contributed by atoms with Gasteiger partial charge in [0.05, 0.1) is 0 Å². The van der Waals surface area contributed by atoms with E-state index in [1.807, 2.05) is 6.07 Å². The summed E-state index contributed by atoms with van der Waals surface area (Å²) in [5.41, 5.74) is 5.87. The van der Waals surface area contributed by atoms with E-state index in [1.54, 1.807) is 6.33 Å². The molecule has 106 valence electrons. The van der Waals surface area contributed by atoms with Gasteiger partial charge in [0.2, 0.25) is 0 Å². The number of hydrogen-bond donors (Lipinski definition) is 2. The maximum absolute atomic E-state index is 5.87. The number of nitrogens with two attached hydrogens (primary N) is 1. The SMILES string of the molecule is CC(C)(C)Nc1cc(N2CCCCC2CN)ncn1. The summed E-state index contributed by atoms with van der Waals surface area (Å²) in [6.45, 7) is 8.09. The Hall–Kier alpha value is -1.36. The van der Waals surface area contributed by atoms with Crippen molar-refractivity contribution in [3.63, 3.8) is 0 Å². The number of piperidine rings is 1. The summed E-state index contributed by atoms with van der Waals surface area (Å²) in [4.78, 5) is 11.0. The third kappa shape index (κ3) is 3.80. The lowest BCUT2D eigenvalue weighted by Gasteiger charge is -2.36. The molecule has 0 aliphatic carbocycles. The Morgan fingerprint density at radius 1 is 1.37 bits per heavy atom. The van der Waals surface area contributed by atoms with Crippen LogP contribution in [-0.4, -0.2) is 34.6 Å². The molecular formula is C14H25N5. The Bertz CT molecular complexity index is 413. The largest absolute Gasteiger partial charge is 0.365 e. The van der Waals surface area contributed by atoms with Crippen LogP contribution in [0.1, 0.15) is 40.0 Å². The first-order valence-corrected chi connectivity index (χ1v) is 7.06. The molecular weight excluding hydrogens is 238 g/mol. The van der Waals surface area contributed by atoms with Gasteiger partial charge in [-0.15, -0.1) is 0 Å². The van der Waals surface area contributed by atoms with E-state index in [9.17, 15) is 0 Å². The molecule has 3 N–H and O–H groups in total. The fourth-order valence-electron chi connectivity index (χ4n) is 2.50. The van der Waals surface area contributed by atoms with Gasteiger partial charge in [0.25, 0.3) is 0 Å². The van der Waals surface area contributed by atoms with Gasteiger partial charge in [-0.1, -0.05) is 0 Å². The molecule has 2 rings (SSSR count). The fraction of sp³-hybridized carbons (Fsp3) is 0.714. The summed E-state index contributed by atoms with van der Waals surface area (Å²) in [6.07, 6.45) is 5.26. The van der Waals surface area contributed by atoms with Crippen LogP contribution in [0.5, 0.6) is 0 Å². The van der Waals surface area contributed by atoms with E-state index in [0.29, 0.717) is 12.6 Å². The predicted molar refractivity (Wildman–Crippen MR) is 79.4 cm³/mol. The molecule has 1 aliphatic heterocycles. The predicted octanol–water partition coefficient (Wildman–Crippen LogP) is 2.00. The van der Waals surface area contributed by atoms with Crippen LogP contribution in [0, 0.1) is 0 Å². The fourth-order valence-corrected chi connectivity index (χ4v) is 2.50. The summed E-state index contributed by atoms with van der Waals surface area (Å²) in [7, 11) is 0. The molecule has 1 aromatic rings. The molecule has 0 saturated carbocycles. The molecule has 0 radical (unpaired) electrons. The van der Waals surface area contributed by atoms with E-state index in [2.05, 4.69) is 41.0 Å². The Morgan fingerprint density at radius 3 is 2.84 bits per heavy atom. The van der Waals surface area contributed by atoms with Gasteiger partial charge in [-0.25, -0.2) is 9.97 Å².